The van der Waals surface area contributed by atoms with Gasteiger partial charge >= 0.3 is 0 Å². The zero-order valence-corrected chi connectivity index (χ0v) is 11.0. The Morgan fingerprint density at radius 2 is 2.17 bits per heavy atom. The van der Waals surface area contributed by atoms with E-state index in [4.69, 9.17) is 5.73 Å². The summed E-state index contributed by atoms with van der Waals surface area (Å²) in [6.45, 7) is 2.65. The molecule has 18 heavy (non-hydrogen) atoms. The molecule has 2 rings (SSSR count). The van der Waals surface area contributed by atoms with Gasteiger partial charge in [0.05, 0.1) is 0 Å². The first-order valence-electron chi connectivity index (χ1n) is 6.77. The lowest BCUT2D eigenvalue weighted by Crippen LogP contribution is -2.36. The molecule has 0 bridgehead atoms. The Balaban J connectivity index is 1.87. The number of benzene rings is 1. The number of fused-ring (bicyclic) bond motifs is 1. The molecular weight excluding hydrogens is 224 g/mol. The number of rotatable bonds is 4. The quantitative estimate of drug-likeness (QED) is 0.848. The molecule has 1 aliphatic rings. The molecule has 2 atom stereocenters. The van der Waals surface area contributed by atoms with E-state index < -0.39 is 0 Å². The summed E-state index contributed by atoms with van der Waals surface area (Å²) in [5.74, 6) is 0.318. The van der Waals surface area contributed by atoms with Crippen molar-refractivity contribution in [2.24, 2.45) is 11.7 Å². The van der Waals surface area contributed by atoms with Crippen LogP contribution in [0.2, 0.25) is 0 Å². The van der Waals surface area contributed by atoms with E-state index in [1.807, 2.05) is 6.92 Å². The van der Waals surface area contributed by atoms with Crippen molar-refractivity contribution in [3.8, 4) is 0 Å². The summed E-state index contributed by atoms with van der Waals surface area (Å²) in [6.07, 6.45) is 3.69. The zero-order chi connectivity index (χ0) is 13.0. The van der Waals surface area contributed by atoms with Crippen molar-refractivity contribution in [2.75, 3.05) is 6.54 Å². The summed E-state index contributed by atoms with van der Waals surface area (Å²) in [6, 6.07) is 8.57. The van der Waals surface area contributed by atoms with E-state index >= 15 is 0 Å². The standard InChI is InChI=1S/C15H22N2O/c1-11(16)8-9-17-15(18)14-7-6-12-4-2-3-5-13(12)10-14/h2-5,11,14H,6-10,16H2,1H3,(H,17,18). The number of nitrogens with two attached hydrogens (primary N) is 1. The topological polar surface area (TPSA) is 55.1 Å². The second-order valence-corrected chi connectivity index (χ2v) is 5.27. The number of aryl methyl sites for hydroxylation is 1. The van der Waals surface area contributed by atoms with Crippen molar-refractivity contribution in [3.63, 3.8) is 0 Å². The number of nitrogens with one attached hydrogen (secondary N) is 1. The van der Waals surface area contributed by atoms with Gasteiger partial charge in [0, 0.05) is 18.5 Å². The van der Waals surface area contributed by atoms with Crippen LogP contribution in [0, 0.1) is 5.92 Å². The van der Waals surface area contributed by atoms with Crippen LogP contribution < -0.4 is 11.1 Å². The van der Waals surface area contributed by atoms with Crippen molar-refractivity contribution in [1.29, 1.82) is 0 Å². The molecule has 0 heterocycles. The van der Waals surface area contributed by atoms with Gasteiger partial charge in [-0.25, -0.2) is 0 Å². The van der Waals surface area contributed by atoms with Gasteiger partial charge in [0.2, 0.25) is 5.91 Å². The Kier molecular flexibility index (Phi) is 4.37. The summed E-state index contributed by atoms with van der Waals surface area (Å²) >= 11 is 0. The Morgan fingerprint density at radius 3 is 2.89 bits per heavy atom. The number of hydrogen-bond acceptors (Lipinski definition) is 2. The third-order valence-corrected chi connectivity index (χ3v) is 3.62. The Labute approximate surface area is 109 Å². The highest BCUT2D eigenvalue weighted by Gasteiger charge is 2.23. The molecule has 1 aromatic carbocycles. The highest BCUT2D eigenvalue weighted by molar-refractivity contribution is 5.79. The molecule has 3 nitrogen and oxygen atoms in total. The van der Waals surface area contributed by atoms with Crippen molar-refractivity contribution in [3.05, 3.63) is 35.4 Å². The SMILES string of the molecule is CC(N)CCNC(=O)C1CCc2ccccc2C1. The average Bonchev–Trinajstić information content (AvgIpc) is 2.37. The summed E-state index contributed by atoms with van der Waals surface area (Å²) in [5, 5.41) is 3.00. The molecule has 2 unspecified atom stereocenters. The normalized spacial score (nSPS) is 20.0. The van der Waals surface area contributed by atoms with Crippen LogP contribution in [0.3, 0.4) is 0 Å². The van der Waals surface area contributed by atoms with Crippen LogP contribution in [0.25, 0.3) is 0 Å². The molecule has 3 N–H and O–H groups in total. The first kappa shape index (κ1) is 13.1. The predicted molar refractivity (Wildman–Crippen MR) is 73.2 cm³/mol. The number of carbonyl (C=O) groups is 1. The van der Waals surface area contributed by atoms with Crippen molar-refractivity contribution >= 4 is 5.91 Å². The largest absolute Gasteiger partial charge is 0.356 e. The van der Waals surface area contributed by atoms with Gasteiger partial charge in [-0.1, -0.05) is 24.3 Å². The van der Waals surface area contributed by atoms with Crippen molar-refractivity contribution in [2.45, 2.75) is 38.6 Å². The fraction of sp³-hybridized carbons (Fsp3) is 0.533. The van der Waals surface area contributed by atoms with Gasteiger partial charge in [-0.05, 0) is 43.7 Å². The minimum atomic E-state index is 0.132. The van der Waals surface area contributed by atoms with Gasteiger partial charge in [-0.15, -0.1) is 0 Å². The van der Waals surface area contributed by atoms with Gasteiger partial charge in [0.1, 0.15) is 0 Å². The van der Waals surface area contributed by atoms with E-state index in [0.29, 0.717) is 6.54 Å². The molecule has 3 heteroatoms. The Hall–Kier alpha value is -1.35. The average molecular weight is 246 g/mol. The maximum atomic E-state index is 12.0. The number of amides is 1. The predicted octanol–water partition coefficient (Wildman–Crippen LogP) is 1.64. The first-order valence-corrected chi connectivity index (χ1v) is 6.77. The summed E-state index contributed by atoms with van der Waals surface area (Å²) in [7, 11) is 0. The molecular formula is C15H22N2O. The number of carbonyl (C=O) groups excluding carboxylic acids is 1. The summed E-state index contributed by atoms with van der Waals surface area (Å²) in [5.41, 5.74) is 8.40. The molecule has 98 valence electrons. The third kappa shape index (κ3) is 3.33. The first-order chi connectivity index (χ1) is 8.66. The minimum absolute atomic E-state index is 0.132. The molecule has 1 amide bonds. The highest BCUT2D eigenvalue weighted by Crippen LogP contribution is 2.25. The Morgan fingerprint density at radius 1 is 1.44 bits per heavy atom. The van der Waals surface area contributed by atoms with E-state index in [9.17, 15) is 4.79 Å². The highest BCUT2D eigenvalue weighted by atomic mass is 16.1. The summed E-state index contributed by atoms with van der Waals surface area (Å²) in [4.78, 5) is 12.0. The fourth-order valence-electron chi connectivity index (χ4n) is 2.49. The maximum Gasteiger partial charge on any atom is 0.223 e. The molecule has 0 spiro atoms. The summed E-state index contributed by atoms with van der Waals surface area (Å²) < 4.78 is 0. The molecule has 0 radical (unpaired) electrons. The lowest BCUT2D eigenvalue weighted by molar-refractivity contribution is -0.125. The lowest BCUT2D eigenvalue weighted by atomic mass is 9.83. The smallest absolute Gasteiger partial charge is 0.223 e. The molecule has 0 saturated carbocycles. The van der Waals surface area contributed by atoms with E-state index in [2.05, 4.69) is 29.6 Å². The van der Waals surface area contributed by atoms with Crippen molar-refractivity contribution in [1.82, 2.24) is 5.32 Å². The maximum absolute atomic E-state index is 12.0. The van der Waals surface area contributed by atoms with Gasteiger partial charge in [0.15, 0.2) is 0 Å². The zero-order valence-electron chi connectivity index (χ0n) is 11.0. The second kappa shape index (κ2) is 6.01. The minimum Gasteiger partial charge on any atom is -0.356 e. The van der Waals surface area contributed by atoms with Gasteiger partial charge in [-0.3, -0.25) is 4.79 Å². The van der Waals surface area contributed by atoms with E-state index in [1.54, 1.807) is 0 Å². The number of hydrogen-bond donors (Lipinski definition) is 2. The molecule has 0 saturated heterocycles. The van der Waals surface area contributed by atoms with Crippen LogP contribution in [0.5, 0.6) is 0 Å². The van der Waals surface area contributed by atoms with Crippen LogP contribution in [0.4, 0.5) is 0 Å². The van der Waals surface area contributed by atoms with Gasteiger partial charge in [-0.2, -0.15) is 0 Å². The molecule has 0 aliphatic heterocycles. The van der Waals surface area contributed by atoms with Crippen LogP contribution in [0.1, 0.15) is 30.9 Å². The molecule has 0 aromatic heterocycles. The second-order valence-electron chi connectivity index (χ2n) is 5.27. The molecule has 1 aliphatic carbocycles. The van der Waals surface area contributed by atoms with E-state index in [0.717, 1.165) is 25.7 Å². The van der Waals surface area contributed by atoms with Gasteiger partial charge in [0.25, 0.3) is 0 Å². The van der Waals surface area contributed by atoms with Crippen LogP contribution >= 0.6 is 0 Å². The van der Waals surface area contributed by atoms with Crippen molar-refractivity contribution < 1.29 is 4.79 Å². The molecule has 0 fully saturated rings. The van der Waals surface area contributed by atoms with E-state index in [-0.39, 0.29) is 17.9 Å². The Bertz CT molecular complexity index is 415. The van der Waals surface area contributed by atoms with Crippen LogP contribution in [-0.4, -0.2) is 18.5 Å². The fourth-order valence-corrected chi connectivity index (χ4v) is 2.49. The monoisotopic (exact) mass is 246 g/mol. The van der Waals surface area contributed by atoms with Crippen LogP contribution in [0.15, 0.2) is 24.3 Å². The third-order valence-electron chi connectivity index (χ3n) is 3.62. The lowest BCUT2D eigenvalue weighted by Gasteiger charge is -2.23. The van der Waals surface area contributed by atoms with Crippen LogP contribution in [-0.2, 0) is 17.6 Å². The molecule has 1 aromatic rings. The van der Waals surface area contributed by atoms with Gasteiger partial charge < -0.3 is 11.1 Å². The van der Waals surface area contributed by atoms with E-state index in [1.165, 1.54) is 11.1 Å².